The Morgan fingerprint density at radius 1 is 1.45 bits per heavy atom. The summed E-state index contributed by atoms with van der Waals surface area (Å²) < 4.78 is 1.68. The summed E-state index contributed by atoms with van der Waals surface area (Å²) >= 11 is 3.09. The zero-order valence-electron chi connectivity index (χ0n) is 11.2. The number of aliphatic hydroxyl groups is 1. The van der Waals surface area contributed by atoms with Crippen LogP contribution in [-0.4, -0.2) is 27.0 Å². The molecule has 20 heavy (non-hydrogen) atoms. The Morgan fingerprint density at radius 3 is 3.05 bits per heavy atom. The fraction of sp³-hybridized carbons (Fsp3) is 0.429. The third kappa shape index (κ3) is 3.50. The molecule has 0 aliphatic heterocycles. The maximum Gasteiger partial charge on any atom is 0.263 e. The number of hydrogen-bond donors (Lipinski definition) is 1. The van der Waals surface area contributed by atoms with E-state index in [9.17, 15) is 4.79 Å². The first-order valence-electron chi connectivity index (χ1n) is 6.60. The summed E-state index contributed by atoms with van der Waals surface area (Å²) in [6, 6.07) is 1.82. The van der Waals surface area contributed by atoms with Crippen LogP contribution in [0.25, 0.3) is 10.2 Å². The highest BCUT2D eigenvalue weighted by Gasteiger charge is 2.11. The Hall–Kier alpha value is -1.11. The van der Waals surface area contributed by atoms with Crippen LogP contribution in [0.4, 0.5) is 0 Å². The molecular weight excluding hydrogens is 292 g/mol. The molecule has 108 valence electrons. The summed E-state index contributed by atoms with van der Waals surface area (Å²) in [5.74, 6) is 0.903. The van der Waals surface area contributed by atoms with Crippen molar-refractivity contribution in [3.63, 3.8) is 0 Å². The zero-order chi connectivity index (χ0) is 14.4. The highest BCUT2D eigenvalue weighted by molar-refractivity contribution is 7.99. The van der Waals surface area contributed by atoms with Crippen molar-refractivity contribution in [2.45, 2.75) is 31.0 Å². The monoisotopic (exact) mass is 310 g/mol. The molecule has 0 bridgehead atoms. The third-order valence-corrected chi connectivity index (χ3v) is 4.76. The lowest BCUT2D eigenvalue weighted by atomic mass is 10.3. The summed E-state index contributed by atoms with van der Waals surface area (Å²) in [6.07, 6.45) is 4.56. The van der Waals surface area contributed by atoms with Gasteiger partial charge in [-0.05, 0) is 24.3 Å². The summed E-state index contributed by atoms with van der Waals surface area (Å²) in [5.41, 5.74) is 0.00834. The predicted molar refractivity (Wildman–Crippen MR) is 85.7 cm³/mol. The van der Waals surface area contributed by atoms with E-state index < -0.39 is 0 Å². The minimum absolute atomic E-state index is 0.00834. The average Bonchev–Trinajstić information content (AvgIpc) is 2.91. The minimum atomic E-state index is 0.00834. The topological polar surface area (TPSA) is 55.1 Å². The molecule has 0 amide bonds. The van der Waals surface area contributed by atoms with Gasteiger partial charge in [-0.1, -0.05) is 24.3 Å². The number of allylic oxidation sites excluding steroid dienone is 1. The van der Waals surface area contributed by atoms with Crippen molar-refractivity contribution >= 4 is 33.3 Å². The van der Waals surface area contributed by atoms with E-state index in [4.69, 9.17) is 5.11 Å². The number of fused-ring (bicyclic) bond motifs is 1. The maximum absolute atomic E-state index is 12.4. The van der Waals surface area contributed by atoms with Crippen LogP contribution < -0.4 is 5.56 Å². The molecule has 2 aromatic rings. The maximum atomic E-state index is 12.4. The predicted octanol–water partition coefficient (Wildman–Crippen LogP) is 2.90. The smallest absolute Gasteiger partial charge is 0.263 e. The molecule has 0 saturated carbocycles. The van der Waals surface area contributed by atoms with Crippen molar-refractivity contribution in [2.24, 2.45) is 0 Å². The van der Waals surface area contributed by atoms with Crippen LogP contribution in [-0.2, 0) is 6.54 Å². The van der Waals surface area contributed by atoms with Crippen LogP contribution in [0.15, 0.2) is 34.1 Å². The Labute approximate surface area is 126 Å². The van der Waals surface area contributed by atoms with Crippen LogP contribution in [0.2, 0.25) is 0 Å². The van der Waals surface area contributed by atoms with Gasteiger partial charge in [0.1, 0.15) is 4.83 Å². The van der Waals surface area contributed by atoms with E-state index in [0.29, 0.717) is 11.9 Å². The molecule has 0 radical (unpaired) electrons. The number of thioether (sulfide) groups is 1. The quantitative estimate of drug-likeness (QED) is 0.352. The van der Waals surface area contributed by atoms with Gasteiger partial charge in [0.15, 0.2) is 5.16 Å². The highest BCUT2D eigenvalue weighted by atomic mass is 32.2. The van der Waals surface area contributed by atoms with Crippen LogP contribution in [0.5, 0.6) is 0 Å². The lowest BCUT2D eigenvalue weighted by molar-refractivity contribution is 0.284. The van der Waals surface area contributed by atoms with Gasteiger partial charge < -0.3 is 5.11 Å². The SMILES string of the molecule is C=CCn1c(SCCCCCO)nc2sccc2c1=O. The third-order valence-electron chi connectivity index (χ3n) is 2.89. The molecule has 0 aromatic carbocycles. The molecule has 0 fully saturated rings. The van der Waals surface area contributed by atoms with Gasteiger partial charge in [-0.3, -0.25) is 9.36 Å². The molecule has 4 nitrogen and oxygen atoms in total. The van der Waals surface area contributed by atoms with Gasteiger partial charge in [-0.15, -0.1) is 17.9 Å². The van der Waals surface area contributed by atoms with Gasteiger partial charge in [-0.25, -0.2) is 4.98 Å². The van der Waals surface area contributed by atoms with E-state index in [0.717, 1.165) is 35.0 Å². The first-order chi connectivity index (χ1) is 9.77. The number of hydrogen-bond acceptors (Lipinski definition) is 5. The molecule has 0 atom stereocenters. The number of rotatable bonds is 8. The van der Waals surface area contributed by atoms with E-state index in [1.807, 2.05) is 11.4 Å². The summed E-state index contributed by atoms with van der Waals surface area (Å²) in [4.78, 5) is 17.7. The van der Waals surface area contributed by atoms with Crippen molar-refractivity contribution in [1.82, 2.24) is 9.55 Å². The minimum Gasteiger partial charge on any atom is -0.396 e. The molecule has 2 heterocycles. The molecule has 6 heteroatoms. The highest BCUT2D eigenvalue weighted by Crippen LogP contribution is 2.22. The van der Waals surface area contributed by atoms with Crippen molar-refractivity contribution in [3.8, 4) is 0 Å². The van der Waals surface area contributed by atoms with Gasteiger partial charge in [0.05, 0.1) is 5.39 Å². The van der Waals surface area contributed by atoms with Gasteiger partial charge >= 0.3 is 0 Å². The van der Waals surface area contributed by atoms with E-state index in [2.05, 4.69) is 11.6 Å². The molecule has 0 unspecified atom stereocenters. The van der Waals surface area contributed by atoms with E-state index in [-0.39, 0.29) is 12.2 Å². The van der Waals surface area contributed by atoms with Crippen LogP contribution in [0, 0.1) is 0 Å². The standard InChI is InChI=1S/C14H18N2O2S2/c1-2-7-16-13(18)11-6-10-19-12(11)15-14(16)20-9-5-3-4-8-17/h2,6,10,17H,1,3-5,7-9H2. The second-order valence-corrected chi connectivity index (χ2v) is 6.33. The Kier molecular flexibility index (Phi) is 5.82. The van der Waals surface area contributed by atoms with Gasteiger partial charge in [0.2, 0.25) is 0 Å². The van der Waals surface area contributed by atoms with Crippen molar-refractivity contribution in [3.05, 3.63) is 34.5 Å². The summed E-state index contributed by atoms with van der Waals surface area (Å²) in [6.45, 7) is 4.43. The number of aromatic nitrogens is 2. The average molecular weight is 310 g/mol. The Bertz CT molecular complexity index is 634. The fourth-order valence-corrected chi connectivity index (χ4v) is 3.70. The molecule has 0 spiro atoms. The Balaban J connectivity index is 2.19. The fourth-order valence-electron chi connectivity index (χ4n) is 1.88. The van der Waals surface area contributed by atoms with Crippen molar-refractivity contribution < 1.29 is 5.11 Å². The molecule has 0 saturated heterocycles. The lowest BCUT2D eigenvalue weighted by Crippen LogP contribution is -2.22. The lowest BCUT2D eigenvalue weighted by Gasteiger charge is -2.09. The van der Waals surface area contributed by atoms with Crippen molar-refractivity contribution in [1.29, 1.82) is 0 Å². The second-order valence-electron chi connectivity index (χ2n) is 4.37. The second kappa shape index (κ2) is 7.61. The number of thiophene rings is 1. The van der Waals surface area contributed by atoms with E-state index in [1.54, 1.807) is 22.4 Å². The molecule has 0 aliphatic carbocycles. The first-order valence-corrected chi connectivity index (χ1v) is 8.47. The normalized spacial score (nSPS) is 11.1. The molecule has 0 aliphatic rings. The van der Waals surface area contributed by atoms with Crippen LogP contribution >= 0.6 is 23.1 Å². The number of nitrogens with zero attached hydrogens (tertiary/aromatic N) is 2. The van der Waals surface area contributed by atoms with Crippen LogP contribution in [0.3, 0.4) is 0 Å². The molecular formula is C14H18N2O2S2. The first kappa shape index (κ1) is 15.3. The van der Waals surface area contributed by atoms with E-state index in [1.165, 1.54) is 11.3 Å². The van der Waals surface area contributed by atoms with Crippen molar-refractivity contribution in [2.75, 3.05) is 12.4 Å². The molecule has 2 aromatic heterocycles. The zero-order valence-corrected chi connectivity index (χ0v) is 12.9. The molecule has 1 N–H and O–H groups in total. The largest absolute Gasteiger partial charge is 0.396 e. The van der Waals surface area contributed by atoms with Gasteiger partial charge in [0, 0.05) is 18.9 Å². The number of unbranched alkanes of at least 4 members (excludes halogenated alkanes) is 2. The van der Waals surface area contributed by atoms with Gasteiger partial charge in [-0.2, -0.15) is 0 Å². The van der Waals surface area contributed by atoms with E-state index >= 15 is 0 Å². The Morgan fingerprint density at radius 2 is 2.30 bits per heavy atom. The molecule has 2 rings (SSSR count). The summed E-state index contributed by atoms with van der Waals surface area (Å²) in [7, 11) is 0. The van der Waals surface area contributed by atoms with Crippen LogP contribution in [0.1, 0.15) is 19.3 Å². The summed E-state index contributed by atoms with van der Waals surface area (Å²) in [5, 5.41) is 12.1. The van der Waals surface area contributed by atoms with Gasteiger partial charge in [0.25, 0.3) is 5.56 Å². The number of aliphatic hydroxyl groups excluding tert-OH is 1.